The lowest BCUT2D eigenvalue weighted by Crippen LogP contribution is -2.45. The minimum Gasteiger partial charge on any atom is -0.380 e. The summed E-state index contributed by atoms with van der Waals surface area (Å²) in [5, 5.41) is 6.61. The highest BCUT2D eigenvalue weighted by atomic mass is 16.5. The second kappa shape index (κ2) is 6.32. The van der Waals surface area contributed by atoms with Crippen molar-refractivity contribution in [1.29, 1.82) is 0 Å². The zero-order chi connectivity index (χ0) is 9.52. The molecule has 0 bridgehead atoms. The van der Waals surface area contributed by atoms with Gasteiger partial charge in [0.1, 0.15) is 0 Å². The number of hydrogen-bond acceptors (Lipinski definition) is 4. The molecule has 13 heavy (non-hydrogen) atoms. The highest BCUT2D eigenvalue weighted by Crippen LogP contribution is 1.94. The molecule has 0 aromatic rings. The van der Waals surface area contributed by atoms with E-state index < -0.39 is 0 Å². The van der Waals surface area contributed by atoms with E-state index in [0.29, 0.717) is 6.10 Å². The third-order valence-electron chi connectivity index (χ3n) is 2.21. The number of nitrogens with one attached hydrogen (secondary N) is 2. The molecular weight excluding hydrogens is 168 g/mol. The summed E-state index contributed by atoms with van der Waals surface area (Å²) in [5.74, 6) is 0. The third-order valence-corrected chi connectivity index (χ3v) is 2.21. The number of ether oxygens (including phenoxy) is 2. The Morgan fingerprint density at radius 1 is 1.69 bits per heavy atom. The van der Waals surface area contributed by atoms with Crippen LogP contribution in [0.15, 0.2) is 0 Å². The first-order chi connectivity index (χ1) is 6.33. The van der Waals surface area contributed by atoms with Gasteiger partial charge < -0.3 is 20.1 Å². The molecule has 0 spiro atoms. The molecule has 1 aliphatic rings. The molecule has 0 aliphatic carbocycles. The van der Waals surface area contributed by atoms with Gasteiger partial charge in [-0.25, -0.2) is 0 Å². The van der Waals surface area contributed by atoms with Crippen LogP contribution in [0.3, 0.4) is 0 Å². The van der Waals surface area contributed by atoms with Crippen LogP contribution in [0.2, 0.25) is 0 Å². The second-order valence-corrected chi connectivity index (χ2v) is 3.40. The topological polar surface area (TPSA) is 42.5 Å². The van der Waals surface area contributed by atoms with Crippen LogP contribution in [0.5, 0.6) is 0 Å². The normalized spacial score (nSPS) is 25.8. The molecule has 0 radical (unpaired) electrons. The summed E-state index contributed by atoms with van der Waals surface area (Å²) in [6, 6.07) is 0. The van der Waals surface area contributed by atoms with Crippen molar-refractivity contribution < 1.29 is 9.47 Å². The molecule has 1 saturated heterocycles. The molecule has 78 valence electrons. The van der Waals surface area contributed by atoms with Crippen LogP contribution in [0.4, 0.5) is 0 Å². The Hall–Kier alpha value is -0.160. The van der Waals surface area contributed by atoms with Gasteiger partial charge in [0.05, 0.1) is 18.8 Å². The average molecular weight is 188 g/mol. The minimum atomic E-state index is 0.275. The van der Waals surface area contributed by atoms with Gasteiger partial charge in [-0.2, -0.15) is 0 Å². The number of morpholine rings is 1. The maximum absolute atomic E-state index is 5.53. The largest absolute Gasteiger partial charge is 0.380 e. The lowest BCUT2D eigenvalue weighted by atomic mass is 10.3. The zero-order valence-corrected chi connectivity index (χ0v) is 8.51. The Morgan fingerprint density at radius 2 is 2.54 bits per heavy atom. The first-order valence-corrected chi connectivity index (χ1v) is 4.88. The maximum Gasteiger partial charge on any atom is 0.0824 e. The smallest absolute Gasteiger partial charge is 0.0824 e. The van der Waals surface area contributed by atoms with E-state index in [1.807, 2.05) is 6.92 Å². The fraction of sp³-hybridized carbons (Fsp3) is 1.00. The van der Waals surface area contributed by atoms with E-state index in [0.717, 1.165) is 32.8 Å². The van der Waals surface area contributed by atoms with Crippen LogP contribution in [0, 0.1) is 0 Å². The summed E-state index contributed by atoms with van der Waals surface area (Å²) >= 11 is 0. The van der Waals surface area contributed by atoms with Gasteiger partial charge >= 0.3 is 0 Å². The van der Waals surface area contributed by atoms with Crippen molar-refractivity contribution >= 4 is 0 Å². The molecule has 1 aliphatic heterocycles. The Labute approximate surface area is 80.0 Å². The van der Waals surface area contributed by atoms with Gasteiger partial charge in [0, 0.05) is 33.3 Å². The number of hydrogen-bond donors (Lipinski definition) is 2. The van der Waals surface area contributed by atoms with Crippen molar-refractivity contribution in [3.63, 3.8) is 0 Å². The molecule has 1 rings (SSSR count). The minimum absolute atomic E-state index is 0.275. The first-order valence-electron chi connectivity index (χ1n) is 4.88. The van der Waals surface area contributed by atoms with Gasteiger partial charge in [-0.15, -0.1) is 0 Å². The third kappa shape index (κ3) is 4.57. The molecule has 0 amide bonds. The molecule has 4 nitrogen and oxygen atoms in total. The van der Waals surface area contributed by atoms with Gasteiger partial charge in [-0.05, 0) is 6.92 Å². The number of methoxy groups -OCH3 is 1. The summed E-state index contributed by atoms with van der Waals surface area (Å²) < 4.78 is 10.6. The van der Waals surface area contributed by atoms with E-state index >= 15 is 0 Å². The zero-order valence-electron chi connectivity index (χ0n) is 8.51. The van der Waals surface area contributed by atoms with Crippen molar-refractivity contribution in [3.05, 3.63) is 0 Å². The van der Waals surface area contributed by atoms with E-state index in [9.17, 15) is 0 Å². The Balaban J connectivity index is 1.98. The average Bonchev–Trinajstić information content (AvgIpc) is 2.19. The number of rotatable bonds is 5. The molecule has 1 fully saturated rings. The van der Waals surface area contributed by atoms with Crippen molar-refractivity contribution in [2.75, 3.05) is 39.9 Å². The molecule has 2 atom stereocenters. The molecule has 1 heterocycles. The quantitative estimate of drug-likeness (QED) is 0.616. The summed E-state index contributed by atoms with van der Waals surface area (Å²) in [5.41, 5.74) is 0. The van der Waals surface area contributed by atoms with E-state index in [4.69, 9.17) is 9.47 Å². The van der Waals surface area contributed by atoms with Gasteiger partial charge in [0.25, 0.3) is 0 Å². The fourth-order valence-corrected chi connectivity index (χ4v) is 1.28. The highest BCUT2D eigenvalue weighted by Gasteiger charge is 2.12. The van der Waals surface area contributed by atoms with E-state index in [1.165, 1.54) is 0 Å². The summed E-state index contributed by atoms with van der Waals surface area (Å²) in [6.45, 7) is 6.59. The highest BCUT2D eigenvalue weighted by molar-refractivity contribution is 4.70. The molecule has 0 saturated carbocycles. The van der Waals surface area contributed by atoms with E-state index in [-0.39, 0.29) is 6.10 Å². The Bertz CT molecular complexity index is 127. The summed E-state index contributed by atoms with van der Waals surface area (Å²) in [4.78, 5) is 0. The predicted octanol–water partition coefficient (Wildman–Crippen LogP) is -0.401. The summed E-state index contributed by atoms with van der Waals surface area (Å²) in [7, 11) is 1.73. The van der Waals surface area contributed by atoms with E-state index in [1.54, 1.807) is 7.11 Å². The van der Waals surface area contributed by atoms with Crippen molar-refractivity contribution in [2.24, 2.45) is 0 Å². The van der Waals surface area contributed by atoms with Crippen LogP contribution < -0.4 is 10.6 Å². The van der Waals surface area contributed by atoms with Gasteiger partial charge in [-0.1, -0.05) is 0 Å². The van der Waals surface area contributed by atoms with Crippen LogP contribution in [-0.4, -0.2) is 52.1 Å². The lowest BCUT2D eigenvalue weighted by Gasteiger charge is -2.24. The molecular formula is C9H20N2O2. The van der Waals surface area contributed by atoms with Gasteiger partial charge in [0.15, 0.2) is 0 Å². The monoisotopic (exact) mass is 188 g/mol. The van der Waals surface area contributed by atoms with Gasteiger partial charge in [-0.3, -0.25) is 0 Å². The van der Waals surface area contributed by atoms with Crippen molar-refractivity contribution in [3.8, 4) is 0 Å². The van der Waals surface area contributed by atoms with Crippen LogP contribution in [-0.2, 0) is 9.47 Å². The standard InChI is InChI=1S/C9H20N2O2/c1-8(12-2)5-11-7-9-6-10-3-4-13-9/h8-11H,3-7H2,1-2H3. The molecule has 0 aromatic heterocycles. The molecule has 2 N–H and O–H groups in total. The SMILES string of the molecule is COC(C)CNCC1CNCCO1. The molecule has 4 heteroatoms. The fourth-order valence-electron chi connectivity index (χ4n) is 1.28. The lowest BCUT2D eigenvalue weighted by molar-refractivity contribution is 0.0263. The van der Waals surface area contributed by atoms with Crippen LogP contribution >= 0.6 is 0 Å². The van der Waals surface area contributed by atoms with Crippen LogP contribution in [0.25, 0.3) is 0 Å². The second-order valence-electron chi connectivity index (χ2n) is 3.40. The predicted molar refractivity (Wildman–Crippen MR) is 52.0 cm³/mol. The summed E-state index contributed by atoms with van der Waals surface area (Å²) in [6.07, 6.45) is 0.592. The molecule has 2 unspecified atom stereocenters. The Morgan fingerprint density at radius 3 is 3.15 bits per heavy atom. The van der Waals surface area contributed by atoms with Gasteiger partial charge in [0.2, 0.25) is 0 Å². The van der Waals surface area contributed by atoms with Crippen molar-refractivity contribution in [1.82, 2.24) is 10.6 Å². The maximum atomic E-state index is 5.53. The molecule has 0 aromatic carbocycles. The van der Waals surface area contributed by atoms with Crippen LogP contribution in [0.1, 0.15) is 6.92 Å². The van der Waals surface area contributed by atoms with E-state index in [2.05, 4.69) is 10.6 Å². The van der Waals surface area contributed by atoms with Crippen molar-refractivity contribution in [2.45, 2.75) is 19.1 Å². The Kier molecular flexibility index (Phi) is 5.31. The first kappa shape index (κ1) is 10.9.